The molecule has 5 nitrogen and oxygen atoms in total. The number of halogens is 4. The van der Waals surface area contributed by atoms with Gasteiger partial charge in [-0.15, -0.1) is 11.3 Å². The van der Waals surface area contributed by atoms with Gasteiger partial charge in [0.05, 0.1) is 33.4 Å². The van der Waals surface area contributed by atoms with Gasteiger partial charge in [-0.1, -0.05) is 28.1 Å². The standard InChI is InChI=1S/C23H14BrF3N4OS/c1-12-22(33-20(29-12)8-13-2-4-14(11-28)5-3-13)31-21(32)17-10-19(23(25,26)27)30-18-7-6-15(24)9-16(17)18/h2-7,9-10H,8H2,1H3,(H,31,32). The van der Waals surface area contributed by atoms with E-state index in [1.165, 1.54) is 17.4 Å². The van der Waals surface area contributed by atoms with Gasteiger partial charge >= 0.3 is 6.18 Å². The number of nitriles is 1. The fraction of sp³-hybridized carbons (Fsp3) is 0.130. The molecule has 0 aliphatic heterocycles. The van der Waals surface area contributed by atoms with Crippen molar-refractivity contribution in [1.82, 2.24) is 9.97 Å². The second-order valence-corrected chi connectivity index (χ2v) is 9.18. The summed E-state index contributed by atoms with van der Waals surface area (Å²) in [6, 6.07) is 14.5. The molecule has 0 fully saturated rings. The number of carbonyl (C=O) groups excluding carboxylic acids is 1. The van der Waals surface area contributed by atoms with Gasteiger partial charge in [-0.3, -0.25) is 4.79 Å². The zero-order valence-corrected chi connectivity index (χ0v) is 19.4. The van der Waals surface area contributed by atoms with E-state index in [1.54, 1.807) is 31.2 Å². The minimum absolute atomic E-state index is 0.0701. The molecule has 4 rings (SSSR count). The first-order valence-electron chi connectivity index (χ1n) is 9.58. The molecule has 0 aliphatic rings. The first-order chi connectivity index (χ1) is 15.6. The average Bonchev–Trinajstić information content (AvgIpc) is 3.11. The maximum Gasteiger partial charge on any atom is 0.433 e. The summed E-state index contributed by atoms with van der Waals surface area (Å²) in [7, 11) is 0. The maximum absolute atomic E-state index is 13.4. The van der Waals surface area contributed by atoms with Crippen LogP contribution in [-0.4, -0.2) is 15.9 Å². The lowest BCUT2D eigenvalue weighted by Gasteiger charge is -2.12. The molecule has 33 heavy (non-hydrogen) atoms. The third-order valence-electron chi connectivity index (χ3n) is 4.81. The molecule has 166 valence electrons. The van der Waals surface area contributed by atoms with Crippen LogP contribution >= 0.6 is 27.3 Å². The number of carbonyl (C=O) groups is 1. The van der Waals surface area contributed by atoms with Crippen molar-refractivity contribution in [3.63, 3.8) is 0 Å². The van der Waals surface area contributed by atoms with Gasteiger partial charge in [0.1, 0.15) is 10.7 Å². The summed E-state index contributed by atoms with van der Waals surface area (Å²) >= 11 is 4.54. The zero-order chi connectivity index (χ0) is 23.8. The number of nitrogens with zero attached hydrogens (tertiary/aromatic N) is 3. The number of thiazole rings is 1. The summed E-state index contributed by atoms with van der Waals surface area (Å²) in [6.07, 6.45) is -4.19. The third-order valence-corrected chi connectivity index (χ3v) is 6.38. The summed E-state index contributed by atoms with van der Waals surface area (Å²) < 4.78 is 40.7. The minimum atomic E-state index is -4.69. The Hall–Kier alpha value is -3.29. The van der Waals surface area contributed by atoms with Crippen LogP contribution < -0.4 is 5.32 Å². The molecule has 0 spiro atoms. The molecule has 1 N–H and O–H groups in total. The number of aryl methyl sites for hydroxylation is 1. The molecule has 0 radical (unpaired) electrons. The highest BCUT2D eigenvalue weighted by atomic mass is 79.9. The Morgan fingerprint density at radius 2 is 1.88 bits per heavy atom. The van der Waals surface area contributed by atoms with Crippen LogP contribution in [0.4, 0.5) is 18.2 Å². The second-order valence-electron chi connectivity index (χ2n) is 7.18. The van der Waals surface area contributed by atoms with Crippen molar-refractivity contribution >= 4 is 49.1 Å². The van der Waals surface area contributed by atoms with E-state index in [0.717, 1.165) is 16.6 Å². The Bertz CT molecular complexity index is 1410. The highest BCUT2D eigenvalue weighted by Gasteiger charge is 2.34. The summed E-state index contributed by atoms with van der Waals surface area (Å²) in [5, 5.41) is 13.1. The van der Waals surface area contributed by atoms with E-state index < -0.39 is 17.8 Å². The van der Waals surface area contributed by atoms with E-state index in [0.29, 0.717) is 32.5 Å². The number of nitrogens with one attached hydrogen (secondary N) is 1. The molecule has 0 aliphatic carbocycles. The topological polar surface area (TPSA) is 78.7 Å². The van der Waals surface area contributed by atoms with Crippen molar-refractivity contribution in [3.8, 4) is 6.07 Å². The highest BCUT2D eigenvalue weighted by molar-refractivity contribution is 9.10. The van der Waals surface area contributed by atoms with Crippen molar-refractivity contribution in [3.05, 3.63) is 86.1 Å². The van der Waals surface area contributed by atoms with Crippen LogP contribution in [0.25, 0.3) is 10.9 Å². The Morgan fingerprint density at radius 1 is 1.15 bits per heavy atom. The lowest BCUT2D eigenvalue weighted by Crippen LogP contribution is -2.16. The van der Waals surface area contributed by atoms with Gasteiger partial charge in [-0.05, 0) is 48.9 Å². The van der Waals surface area contributed by atoms with E-state index in [1.807, 2.05) is 12.1 Å². The monoisotopic (exact) mass is 530 g/mol. The Labute approximate surface area is 199 Å². The molecular formula is C23H14BrF3N4OS. The third kappa shape index (κ3) is 5.05. The van der Waals surface area contributed by atoms with Crippen LogP contribution in [0, 0.1) is 18.3 Å². The fourth-order valence-electron chi connectivity index (χ4n) is 3.22. The van der Waals surface area contributed by atoms with Crippen LogP contribution in [0.2, 0.25) is 0 Å². The number of anilines is 1. The molecule has 0 saturated heterocycles. The molecule has 2 aromatic carbocycles. The van der Waals surface area contributed by atoms with Crippen LogP contribution in [0.5, 0.6) is 0 Å². The number of benzene rings is 2. The second kappa shape index (κ2) is 8.92. The molecule has 10 heteroatoms. The van der Waals surface area contributed by atoms with Crippen LogP contribution in [0.15, 0.2) is 53.0 Å². The SMILES string of the molecule is Cc1nc(Cc2ccc(C#N)cc2)sc1NC(=O)c1cc(C(F)(F)F)nc2ccc(Br)cc12. The smallest absolute Gasteiger partial charge is 0.312 e. The molecule has 0 atom stereocenters. The van der Waals surface area contributed by atoms with Crippen molar-refractivity contribution in [2.45, 2.75) is 19.5 Å². The summed E-state index contributed by atoms with van der Waals surface area (Å²) in [6.45, 7) is 1.72. The quantitative estimate of drug-likeness (QED) is 0.326. The van der Waals surface area contributed by atoms with Gasteiger partial charge in [-0.25, -0.2) is 9.97 Å². The van der Waals surface area contributed by atoms with Crippen LogP contribution in [0.1, 0.15) is 37.9 Å². The number of pyridine rings is 1. The fourth-order valence-corrected chi connectivity index (χ4v) is 4.57. The van der Waals surface area contributed by atoms with Gasteiger partial charge in [0.2, 0.25) is 0 Å². The minimum Gasteiger partial charge on any atom is -0.312 e. The Balaban J connectivity index is 1.64. The summed E-state index contributed by atoms with van der Waals surface area (Å²) in [4.78, 5) is 21.2. The molecular weight excluding hydrogens is 517 g/mol. The lowest BCUT2D eigenvalue weighted by molar-refractivity contribution is -0.140. The number of alkyl halides is 3. The van der Waals surface area contributed by atoms with E-state index in [2.05, 4.69) is 37.3 Å². The van der Waals surface area contributed by atoms with E-state index >= 15 is 0 Å². The lowest BCUT2D eigenvalue weighted by atomic mass is 10.1. The summed E-state index contributed by atoms with van der Waals surface area (Å²) in [5.41, 5.74) is 0.866. The molecule has 4 aromatic rings. The molecule has 0 bridgehead atoms. The number of rotatable bonds is 4. The van der Waals surface area contributed by atoms with E-state index in [9.17, 15) is 18.0 Å². The average molecular weight is 531 g/mol. The van der Waals surface area contributed by atoms with Crippen molar-refractivity contribution in [2.24, 2.45) is 0 Å². The van der Waals surface area contributed by atoms with Gasteiger partial charge in [0, 0.05) is 16.3 Å². The number of hydrogen-bond donors (Lipinski definition) is 1. The van der Waals surface area contributed by atoms with E-state index in [4.69, 9.17) is 5.26 Å². The largest absolute Gasteiger partial charge is 0.433 e. The number of aromatic nitrogens is 2. The first-order valence-corrected chi connectivity index (χ1v) is 11.2. The first kappa shape index (κ1) is 22.9. The Kier molecular flexibility index (Phi) is 6.19. The summed E-state index contributed by atoms with van der Waals surface area (Å²) in [5.74, 6) is -0.678. The van der Waals surface area contributed by atoms with Crippen LogP contribution in [0.3, 0.4) is 0 Å². The number of amides is 1. The molecule has 1 amide bonds. The normalized spacial score (nSPS) is 11.4. The maximum atomic E-state index is 13.4. The molecule has 2 heterocycles. The molecule has 0 unspecified atom stereocenters. The Morgan fingerprint density at radius 3 is 2.55 bits per heavy atom. The highest BCUT2D eigenvalue weighted by Crippen LogP contribution is 2.33. The van der Waals surface area contributed by atoms with Crippen molar-refractivity contribution in [1.29, 1.82) is 5.26 Å². The molecule has 0 saturated carbocycles. The number of hydrogen-bond acceptors (Lipinski definition) is 5. The predicted molar refractivity (Wildman–Crippen MR) is 123 cm³/mol. The van der Waals surface area contributed by atoms with Crippen molar-refractivity contribution in [2.75, 3.05) is 5.32 Å². The van der Waals surface area contributed by atoms with Gasteiger partial charge in [0.15, 0.2) is 0 Å². The van der Waals surface area contributed by atoms with Crippen molar-refractivity contribution < 1.29 is 18.0 Å². The van der Waals surface area contributed by atoms with Gasteiger partial charge in [-0.2, -0.15) is 18.4 Å². The van der Waals surface area contributed by atoms with Crippen LogP contribution in [-0.2, 0) is 12.6 Å². The molecule has 2 aromatic heterocycles. The van der Waals surface area contributed by atoms with E-state index in [-0.39, 0.29) is 11.1 Å². The number of fused-ring (bicyclic) bond motifs is 1. The van der Waals surface area contributed by atoms with Gasteiger partial charge < -0.3 is 5.32 Å². The van der Waals surface area contributed by atoms with Gasteiger partial charge in [0.25, 0.3) is 5.91 Å². The predicted octanol–water partition coefficient (Wildman–Crippen LogP) is 6.50. The zero-order valence-electron chi connectivity index (χ0n) is 17.0.